The molecule has 5 nitrogen and oxygen atoms in total. The summed E-state index contributed by atoms with van der Waals surface area (Å²) >= 11 is 0. The molecule has 0 saturated carbocycles. The first kappa shape index (κ1) is 14.1. The van der Waals surface area contributed by atoms with Crippen molar-refractivity contribution in [3.63, 3.8) is 0 Å². The van der Waals surface area contributed by atoms with Crippen LogP contribution in [0.3, 0.4) is 0 Å². The zero-order chi connectivity index (χ0) is 14.2. The third-order valence-electron chi connectivity index (χ3n) is 2.61. The van der Waals surface area contributed by atoms with E-state index in [0.29, 0.717) is 12.6 Å². The van der Waals surface area contributed by atoms with E-state index in [1.807, 2.05) is 37.3 Å². The zero-order valence-electron chi connectivity index (χ0n) is 11.9. The largest absolute Gasteiger partial charge is 0.494 e. The summed E-state index contributed by atoms with van der Waals surface area (Å²) < 4.78 is 5.48. The lowest BCUT2D eigenvalue weighted by molar-refractivity contribution is 0.340. The quantitative estimate of drug-likeness (QED) is 0.808. The van der Waals surface area contributed by atoms with Crippen molar-refractivity contribution >= 4 is 17.5 Å². The number of anilines is 3. The Bertz CT molecular complexity index is 545. The summed E-state index contributed by atoms with van der Waals surface area (Å²) in [6.45, 7) is 5.59. The highest BCUT2D eigenvalue weighted by molar-refractivity contribution is 5.58. The minimum absolute atomic E-state index is 0.637. The topological polar surface area (TPSA) is 59.1 Å². The van der Waals surface area contributed by atoms with Crippen molar-refractivity contribution in [3.05, 3.63) is 36.5 Å². The SMILES string of the molecule is CCCNc1nccc(Nc2cccc(OCC)c2)n1. The van der Waals surface area contributed by atoms with Gasteiger partial charge < -0.3 is 15.4 Å². The summed E-state index contributed by atoms with van der Waals surface area (Å²) in [7, 11) is 0. The Balaban J connectivity index is 2.07. The number of hydrogen-bond acceptors (Lipinski definition) is 5. The highest BCUT2D eigenvalue weighted by Crippen LogP contribution is 2.20. The van der Waals surface area contributed by atoms with Crippen molar-refractivity contribution in [2.75, 3.05) is 23.8 Å². The lowest BCUT2D eigenvalue weighted by atomic mass is 10.3. The van der Waals surface area contributed by atoms with Gasteiger partial charge in [-0.25, -0.2) is 4.98 Å². The van der Waals surface area contributed by atoms with Crippen LogP contribution in [0.15, 0.2) is 36.5 Å². The molecule has 0 aliphatic heterocycles. The van der Waals surface area contributed by atoms with Gasteiger partial charge in [-0.3, -0.25) is 0 Å². The monoisotopic (exact) mass is 272 g/mol. The van der Waals surface area contributed by atoms with Gasteiger partial charge in [0.05, 0.1) is 6.61 Å². The average Bonchev–Trinajstić information content (AvgIpc) is 2.46. The predicted molar refractivity (Wildman–Crippen MR) is 81.7 cm³/mol. The van der Waals surface area contributed by atoms with Crippen LogP contribution in [0, 0.1) is 0 Å². The Morgan fingerprint density at radius 2 is 2.10 bits per heavy atom. The van der Waals surface area contributed by atoms with Gasteiger partial charge in [0, 0.05) is 24.5 Å². The molecule has 1 aromatic carbocycles. The highest BCUT2D eigenvalue weighted by Gasteiger charge is 2.00. The summed E-state index contributed by atoms with van der Waals surface area (Å²) in [5.41, 5.74) is 0.941. The second kappa shape index (κ2) is 7.33. The Morgan fingerprint density at radius 3 is 2.90 bits per heavy atom. The fourth-order valence-electron chi connectivity index (χ4n) is 1.73. The predicted octanol–water partition coefficient (Wildman–Crippen LogP) is 3.44. The molecule has 2 N–H and O–H groups in total. The summed E-state index contributed by atoms with van der Waals surface area (Å²) in [4.78, 5) is 8.59. The Morgan fingerprint density at radius 1 is 1.20 bits per heavy atom. The van der Waals surface area contributed by atoms with Gasteiger partial charge in [-0.05, 0) is 31.5 Å². The molecule has 0 radical (unpaired) electrons. The van der Waals surface area contributed by atoms with Crippen molar-refractivity contribution in [1.82, 2.24) is 9.97 Å². The van der Waals surface area contributed by atoms with E-state index < -0.39 is 0 Å². The van der Waals surface area contributed by atoms with Crippen LogP contribution >= 0.6 is 0 Å². The molecular weight excluding hydrogens is 252 g/mol. The lowest BCUT2D eigenvalue weighted by Gasteiger charge is -2.09. The van der Waals surface area contributed by atoms with E-state index in [-0.39, 0.29) is 0 Å². The molecule has 0 aliphatic rings. The summed E-state index contributed by atoms with van der Waals surface area (Å²) in [6.07, 6.45) is 2.77. The molecule has 2 rings (SSSR count). The van der Waals surface area contributed by atoms with E-state index in [2.05, 4.69) is 27.5 Å². The fourth-order valence-corrected chi connectivity index (χ4v) is 1.73. The normalized spacial score (nSPS) is 10.1. The van der Waals surface area contributed by atoms with E-state index in [0.717, 1.165) is 30.2 Å². The van der Waals surface area contributed by atoms with Crippen LogP contribution in [0.4, 0.5) is 17.5 Å². The van der Waals surface area contributed by atoms with E-state index in [1.54, 1.807) is 6.20 Å². The van der Waals surface area contributed by atoms with Gasteiger partial charge in [-0.15, -0.1) is 0 Å². The minimum Gasteiger partial charge on any atom is -0.494 e. The molecule has 1 aromatic heterocycles. The van der Waals surface area contributed by atoms with Crippen molar-refractivity contribution in [3.8, 4) is 5.75 Å². The molecule has 0 fully saturated rings. The maximum atomic E-state index is 5.48. The van der Waals surface area contributed by atoms with E-state index in [9.17, 15) is 0 Å². The first-order valence-corrected chi connectivity index (χ1v) is 6.88. The molecule has 2 aromatic rings. The second-order valence-corrected chi connectivity index (χ2v) is 4.28. The highest BCUT2D eigenvalue weighted by atomic mass is 16.5. The minimum atomic E-state index is 0.637. The van der Waals surface area contributed by atoms with Gasteiger partial charge in [-0.1, -0.05) is 13.0 Å². The number of aromatic nitrogens is 2. The lowest BCUT2D eigenvalue weighted by Crippen LogP contribution is -2.05. The Hall–Kier alpha value is -2.30. The molecule has 5 heteroatoms. The van der Waals surface area contributed by atoms with Crippen LogP contribution in [-0.4, -0.2) is 23.1 Å². The number of nitrogens with zero attached hydrogens (tertiary/aromatic N) is 2. The van der Waals surface area contributed by atoms with Crippen LogP contribution in [0.1, 0.15) is 20.3 Å². The van der Waals surface area contributed by atoms with Crippen LogP contribution < -0.4 is 15.4 Å². The van der Waals surface area contributed by atoms with Crippen molar-refractivity contribution in [2.24, 2.45) is 0 Å². The molecule has 0 atom stereocenters. The maximum absolute atomic E-state index is 5.48. The van der Waals surface area contributed by atoms with E-state index in [4.69, 9.17) is 4.74 Å². The summed E-state index contributed by atoms with van der Waals surface area (Å²) in [5.74, 6) is 2.24. The standard InChI is InChI=1S/C15H20N4O/c1-3-9-16-15-17-10-8-14(19-15)18-12-6-5-7-13(11-12)20-4-2/h5-8,10-11H,3-4,9H2,1-2H3,(H2,16,17,18,19). The first-order valence-electron chi connectivity index (χ1n) is 6.88. The molecule has 0 unspecified atom stereocenters. The molecule has 0 bridgehead atoms. The number of hydrogen-bond donors (Lipinski definition) is 2. The van der Waals surface area contributed by atoms with Gasteiger partial charge in [0.2, 0.25) is 5.95 Å². The molecule has 0 spiro atoms. The average molecular weight is 272 g/mol. The van der Waals surface area contributed by atoms with Gasteiger partial charge in [-0.2, -0.15) is 4.98 Å². The van der Waals surface area contributed by atoms with E-state index in [1.165, 1.54) is 0 Å². The fraction of sp³-hybridized carbons (Fsp3) is 0.333. The Labute approximate surface area is 119 Å². The smallest absolute Gasteiger partial charge is 0.224 e. The van der Waals surface area contributed by atoms with Crippen molar-refractivity contribution < 1.29 is 4.74 Å². The van der Waals surface area contributed by atoms with Gasteiger partial charge in [0.25, 0.3) is 0 Å². The van der Waals surface area contributed by atoms with Crippen molar-refractivity contribution in [1.29, 1.82) is 0 Å². The third-order valence-corrected chi connectivity index (χ3v) is 2.61. The van der Waals surface area contributed by atoms with Gasteiger partial charge >= 0.3 is 0 Å². The van der Waals surface area contributed by atoms with Gasteiger partial charge in [0.15, 0.2) is 0 Å². The van der Waals surface area contributed by atoms with Crippen LogP contribution in [0.5, 0.6) is 5.75 Å². The number of ether oxygens (including phenoxy) is 1. The molecule has 0 aliphatic carbocycles. The van der Waals surface area contributed by atoms with Crippen molar-refractivity contribution in [2.45, 2.75) is 20.3 Å². The molecule has 106 valence electrons. The molecule has 0 amide bonds. The third kappa shape index (κ3) is 4.12. The molecule has 1 heterocycles. The molecular formula is C15H20N4O. The van der Waals surface area contributed by atoms with Gasteiger partial charge in [0.1, 0.15) is 11.6 Å². The second-order valence-electron chi connectivity index (χ2n) is 4.28. The summed E-state index contributed by atoms with van der Waals surface area (Å²) in [6, 6.07) is 9.65. The molecule has 0 saturated heterocycles. The Kier molecular flexibility index (Phi) is 5.17. The van der Waals surface area contributed by atoms with Crippen LogP contribution in [-0.2, 0) is 0 Å². The first-order chi connectivity index (χ1) is 9.81. The number of benzene rings is 1. The maximum Gasteiger partial charge on any atom is 0.224 e. The number of nitrogens with one attached hydrogen (secondary N) is 2. The summed E-state index contributed by atoms with van der Waals surface area (Å²) in [5, 5.41) is 6.41. The zero-order valence-corrected chi connectivity index (χ0v) is 11.9. The number of rotatable bonds is 7. The van der Waals surface area contributed by atoms with E-state index >= 15 is 0 Å². The van der Waals surface area contributed by atoms with Crippen LogP contribution in [0.25, 0.3) is 0 Å². The molecule has 20 heavy (non-hydrogen) atoms. The van der Waals surface area contributed by atoms with Crippen LogP contribution in [0.2, 0.25) is 0 Å².